The van der Waals surface area contributed by atoms with Crippen LogP contribution in [-0.4, -0.2) is 41.6 Å². The minimum Gasteiger partial charge on any atom is -0.495 e. The molecule has 1 rings (SSSR count). The molecule has 0 aliphatic heterocycles. The highest BCUT2D eigenvalue weighted by Crippen LogP contribution is 2.25. The molecule has 5 nitrogen and oxygen atoms in total. The molecule has 1 unspecified atom stereocenters. The number of amides is 1. The Bertz CT molecular complexity index is 518. The third kappa shape index (κ3) is 4.65. The summed E-state index contributed by atoms with van der Waals surface area (Å²) in [5.74, 6) is -0.627. The molecule has 19 heavy (non-hydrogen) atoms. The Labute approximate surface area is 118 Å². The van der Waals surface area contributed by atoms with E-state index >= 15 is 0 Å². The van der Waals surface area contributed by atoms with Gasteiger partial charge >= 0.3 is 0 Å². The average molecular weight is 304 g/mol. The zero-order chi connectivity index (χ0) is 14.4. The molecule has 1 atom stereocenters. The summed E-state index contributed by atoms with van der Waals surface area (Å²) in [6.07, 6.45) is 0. The molecular weight excluding hydrogens is 290 g/mol. The number of carbonyl (C=O) groups is 2. The van der Waals surface area contributed by atoms with Crippen LogP contribution in [0.2, 0.25) is 5.02 Å². The highest BCUT2D eigenvalue weighted by Gasteiger charge is 2.14. The lowest BCUT2D eigenvalue weighted by atomic mass is 10.1. The maximum absolute atomic E-state index is 11.9. The monoisotopic (exact) mass is 303 g/mol. The second-order valence-corrected chi connectivity index (χ2v) is 5.54. The van der Waals surface area contributed by atoms with Gasteiger partial charge in [0.1, 0.15) is 11.5 Å². The molecule has 1 aromatic carbocycles. The van der Waals surface area contributed by atoms with Gasteiger partial charge in [0, 0.05) is 23.4 Å². The Morgan fingerprint density at radius 3 is 2.58 bits per heavy atom. The number of halogens is 1. The lowest BCUT2D eigenvalue weighted by Crippen LogP contribution is -2.26. The molecule has 0 aromatic heterocycles. The van der Waals surface area contributed by atoms with E-state index in [1.165, 1.54) is 20.2 Å². The highest BCUT2D eigenvalue weighted by molar-refractivity contribution is 7.86. The number of methoxy groups -OCH3 is 1. The summed E-state index contributed by atoms with van der Waals surface area (Å²) >= 11 is 5.90. The van der Waals surface area contributed by atoms with Crippen molar-refractivity contribution in [1.82, 2.24) is 5.32 Å². The predicted octanol–water partition coefficient (Wildman–Crippen LogP) is 1.03. The van der Waals surface area contributed by atoms with E-state index in [2.05, 4.69) is 5.32 Å². The van der Waals surface area contributed by atoms with Crippen LogP contribution >= 0.6 is 11.6 Å². The van der Waals surface area contributed by atoms with E-state index in [4.69, 9.17) is 16.3 Å². The average Bonchev–Trinajstić information content (AvgIpc) is 2.38. The van der Waals surface area contributed by atoms with Crippen molar-refractivity contribution in [3.63, 3.8) is 0 Å². The van der Waals surface area contributed by atoms with Crippen LogP contribution in [0.1, 0.15) is 10.4 Å². The van der Waals surface area contributed by atoms with Crippen LogP contribution in [0, 0.1) is 0 Å². The molecule has 0 saturated carbocycles. The molecule has 0 aliphatic rings. The van der Waals surface area contributed by atoms with Gasteiger partial charge in [0.2, 0.25) is 5.91 Å². The normalized spacial score (nSPS) is 11.7. The lowest BCUT2D eigenvalue weighted by molar-refractivity contribution is -0.118. The van der Waals surface area contributed by atoms with Crippen molar-refractivity contribution in [1.29, 1.82) is 0 Å². The van der Waals surface area contributed by atoms with E-state index in [0.717, 1.165) is 0 Å². The van der Waals surface area contributed by atoms with Crippen molar-refractivity contribution in [2.24, 2.45) is 0 Å². The fourth-order valence-electron chi connectivity index (χ4n) is 1.34. The summed E-state index contributed by atoms with van der Waals surface area (Å²) in [5, 5.41) is 2.66. The first kappa shape index (κ1) is 15.7. The number of Topliss-reactive ketones (excluding diaryl/α,β-unsaturated/α-hetero) is 1. The molecule has 0 radical (unpaired) electrons. The predicted molar refractivity (Wildman–Crippen MR) is 74.3 cm³/mol. The van der Waals surface area contributed by atoms with Crippen molar-refractivity contribution in [2.45, 2.75) is 0 Å². The minimum atomic E-state index is -1.53. The van der Waals surface area contributed by atoms with Crippen LogP contribution in [0.15, 0.2) is 18.2 Å². The van der Waals surface area contributed by atoms with Gasteiger partial charge in [-0.1, -0.05) is 11.6 Å². The zero-order valence-corrected chi connectivity index (χ0v) is 12.1. The van der Waals surface area contributed by atoms with Crippen LogP contribution in [0.4, 0.5) is 0 Å². The smallest absolute Gasteiger partial charge is 0.232 e. The molecule has 0 aliphatic carbocycles. The maximum atomic E-state index is 11.9. The van der Waals surface area contributed by atoms with E-state index < -0.39 is 10.8 Å². The Kier molecular flexibility index (Phi) is 5.98. The van der Waals surface area contributed by atoms with Gasteiger partial charge in [-0.2, -0.15) is 0 Å². The Balaban J connectivity index is 2.71. The first-order valence-corrected chi connectivity index (χ1v) is 7.26. The number of hydrogen-bond acceptors (Lipinski definition) is 4. The summed E-state index contributed by atoms with van der Waals surface area (Å²) in [6, 6.07) is 4.57. The van der Waals surface area contributed by atoms with Gasteiger partial charge in [0.15, 0.2) is 5.78 Å². The van der Waals surface area contributed by atoms with Gasteiger partial charge in [0.05, 0.1) is 17.9 Å². The Morgan fingerprint density at radius 1 is 1.37 bits per heavy atom. The third-order valence-electron chi connectivity index (χ3n) is 2.34. The Morgan fingerprint density at radius 2 is 2.05 bits per heavy atom. The molecule has 1 N–H and O–H groups in total. The van der Waals surface area contributed by atoms with Gasteiger partial charge < -0.3 is 10.1 Å². The molecule has 0 saturated heterocycles. The summed E-state index contributed by atoms with van der Waals surface area (Å²) < 4.78 is 16.5. The number of carbonyl (C=O) groups excluding carboxylic acids is 2. The minimum absolute atomic E-state index is 0.188. The number of nitrogens with one attached hydrogen (secondary N) is 1. The standard InChI is InChI=1S/C12H14ClNO4S/c1-14-12(16)7-19(17)6-10(15)8-3-4-11(18-2)9(13)5-8/h3-5H,6-7H2,1-2H3,(H,14,16). The molecule has 1 aromatic rings. The van der Waals surface area contributed by atoms with Gasteiger partial charge in [0.25, 0.3) is 0 Å². The molecule has 0 heterocycles. The van der Waals surface area contributed by atoms with E-state index in [-0.39, 0.29) is 23.2 Å². The van der Waals surface area contributed by atoms with Crippen molar-refractivity contribution >= 4 is 34.1 Å². The van der Waals surface area contributed by atoms with Crippen molar-refractivity contribution in [3.8, 4) is 5.75 Å². The second-order valence-electron chi connectivity index (χ2n) is 3.67. The zero-order valence-electron chi connectivity index (χ0n) is 10.6. The number of ether oxygens (including phenoxy) is 1. The van der Waals surface area contributed by atoms with Gasteiger partial charge in [-0.3, -0.25) is 13.8 Å². The van der Waals surface area contributed by atoms with E-state index in [0.29, 0.717) is 16.3 Å². The molecule has 104 valence electrons. The Hall–Kier alpha value is -1.40. The van der Waals surface area contributed by atoms with E-state index in [1.54, 1.807) is 12.1 Å². The number of ketones is 1. The van der Waals surface area contributed by atoms with E-state index in [9.17, 15) is 13.8 Å². The van der Waals surface area contributed by atoms with Crippen LogP contribution in [0.3, 0.4) is 0 Å². The third-order valence-corrected chi connectivity index (χ3v) is 3.80. The molecule has 1 amide bonds. The maximum Gasteiger partial charge on any atom is 0.232 e. The van der Waals surface area contributed by atoms with Crippen LogP contribution in [0.5, 0.6) is 5.75 Å². The SMILES string of the molecule is CNC(=O)CS(=O)CC(=O)c1ccc(OC)c(Cl)c1. The molecule has 0 bridgehead atoms. The summed E-state index contributed by atoms with van der Waals surface area (Å²) in [4.78, 5) is 22.9. The largest absolute Gasteiger partial charge is 0.495 e. The van der Waals surface area contributed by atoms with Crippen LogP contribution < -0.4 is 10.1 Å². The van der Waals surface area contributed by atoms with Gasteiger partial charge in [-0.05, 0) is 18.2 Å². The second kappa shape index (κ2) is 7.25. The van der Waals surface area contributed by atoms with Gasteiger partial charge in [-0.25, -0.2) is 0 Å². The lowest BCUT2D eigenvalue weighted by Gasteiger charge is -2.05. The first-order valence-electron chi connectivity index (χ1n) is 5.40. The molecular formula is C12H14ClNO4S. The fraction of sp³-hybridized carbons (Fsp3) is 0.333. The summed E-state index contributed by atoms with van der Waals surface area (Å²) in [5.41, 5.74) is 0.344. The van der Waals surface area contributed by atoms with Gasteiger partial charge in [-0.15, -0.1) is 0 Å². The summed E-state index contributed by atoms with van der Waals surface area (Å²) in [7, 11) is 1.39. The molecule has 0 fully saturated rings. The number of rotatable bonds is 6. The fourth-order valence-corrected chi connectivity index (χ4v) is 2.59. The van der Waals surface area contributed by atoms with Crippen LogP contribution in [-0.2, 0) is 15.6 Å². The number of hydrogen-bond donors (Lipinski definition) is 1. The topological polar surface area (TPSA) is 72.5 Å². The van der Waals surface area contributed by atoms with E-state index in [1.807, 2.05) is 0 Å². The van der Waals surface area contributed by atoms with Crippen molar-refractivity contribution < 1.29 is 18.5 Å². The quantitative estimate of drug-likeness (QED) is 0.797. The van der Waals surface area contributed by atoms with Crippen LogP contribution in [0.25, 0.3) is 0 Å². The molecule has 7 heteroatoms. The van der Waals surface area contributed by atoms with Crippen molar-refractivity contribution in [3.05, 3.63) is 28.8 Å². The molecule has 0 spiro atoms. The summed E-state index contributed by atoms with van der Waals surface area (Å²) in [6.45, 7) is 0. The number of benzene rings is 1. The van der Waals surface area contributed by atoms with Crippen molar-refractivity contribution in [2.75, 3.05) is 25.7 Å². The first-order chi connectivity index (χ1) is 8.97. The highest BCUT2D eigenvalue weighted by atomic mass is 35.5.